The van der Waals surface area contributed by atoms with Gasteiger partial charge in [0, 0.05) is 19.5 Å². The van der Waals surface area contributed by atoms with Gasteiger partial charge in [-0.1, -0.05) is 5.16 Å². The number of nitrogens with zero attached hydrogens (tertiary/aromatic N) is 4. The summed E-state index contributed by atoms with van der Waals surface area (Å²) in [6.45, 7) is 1.74. The Labute approximate surface area is 110 Å². The van der Waals surface area contributed by atoms with Gasteiger partial charge in [0.15, 0.2) is 0 Å². The van der Waals surface area contributed by atoms with E-state index in [0.717, 1.165) is 25.9 Å². The molecular formula is C12H15N5O2. The summed E-state index contributed by atoms with van der Waals surface area (Å²) < 4.78 is 11.0. The summed E-state index contributed by atoms with van der Waals surface area (Å²) in [6.07, 6.45) is 6.43. The Morgan fingerprint density at radius 2 is 2.16 bits per heavy atom. The van der Waals surface area contributed by atoms with E-state index in [9.17, 15) is 0 Å². The minimum atomic E-state index is -0.487. The molecule has 1 N–H and O–H groups in total. The highest BCUT2D eigenvalue weighted by molar-refractivity contribution is 5.45. The van der Waals surface area contributed by atoms with Crippen molar-refractivity contribution < 1.29 is 9.26 Å². The molecule has 3 heterocycles. The number of hydrogen-bond acceptors (Lipinski definition) is 7. The fourth-order valence-corrected chi connectivity index (χ4v) is 2.26. The van der Waals surface area contributed by atoms with Crippen LogP contribution in [0.25, 0.3) is 11.5 Å². The number of hydrogen-bond donors (Lipinski definition) is 1. The van der Waals surface area contributed by atoms with Gasteiger partial charge in [0.25, 0.3) is 5.89 Å². The van der Waals surface area contributed by atoms with Crippen LogP contribution in [0.5, 0.6) is 0 Å². The molecule has 1 fully saturated rings. The van der Waals surface area contributed by atoms with Gasteiger partial charge in [-0.05, 0) is 25.9 Å². The van der Waals surface area contributed by atoms with E-state index in [1.165, 1.54) is 0 Å². The van der Waals surface area contributed by atoms with Crippen LogP contribution in [0, 0.1) is 0 Å². The zero-order valence-corrected chi connectivity index (χ0v) is 10.7. The number of aromatic nitrogens is 4. The van der Waals surface area contributed by atoms with Crippen molar-refractivity contribution in [2.75, 3.05) is 20.2 Å². The predicted octanol–water partition coefficient (Wildman–Crippen LogP) is 0.752. The molecule has 0 unspecified atom stereocenters. The molecule has 0 spiro atoms. The van der Waals surface area contributed by atoms with Crippen LogP contribution in [0.1, 0.15) is 18.7 Å². The maximum absolute atomic E-state index is 5.64. The molecule has 0 bridgehead atoms. The monoisotopic (exact) mass is 261 g/mol. The lowest BCUT2D eigenvalue weighted by atomic mass is 9.92. The van der Waals surface area contributed by atoms with Crippen molar-refractivity contribution in [2.45, 2.75) is 18.4 Å². The van der Waals surface area contributed by atoms with Crippen molar-refractivity contribution in [2.24, 2.45) is 0 Å². The van der Waals surface area contributed by atoms with Crippen molar-refractivity contribution >= 4 is 0 Å². The highest BCUT2D eigenvalue weighted by Gasteiger charge is 2.39. The Kier molecular flexibility index (Phi) is 3.22. The molecule has 2 aromatic rings. The second kappa shape index (κ2) is 5.02. The minimum absolute atomic E-state index is 0.443. The first-order valence-electron chi connectivity index (χ1n) is 6.20. The Morgan fingerprint density at radius 3 is 2.84 bits per heavy atom. The molecular weight excluding hydrogens is 246 g/mol. The van der Waals surface area contributed by atoms with Gasteiger partial charge in [-0.25, -0.2) is 4.98 Å². The SMILES string of the molecule is COC1(c2nc(-c3cnccn3)no2)CCNCC1. The van der Waals surface area contributed by atoms with Crippen LogP contribution in [0.4, 0.5) is 0 Å². The number of methoxy groups -OCH3 is 1. The molecule has 1 aliphatic heterocycles. The van der Waals surface area contributed by atoms with E-state index < -0.39 is 5.60 Å². The standard InChI is InChI=1S/C12H15N5O2/c1-18-12(2-4-13-5-3-12)11-16-10(17-19-11)9-8-14-6-7-15-9/h6-8,13H,2-5H2,1H3. The van der Waals surface area contributed by atoms with Crippen molar-refractivity contribution in [1.29, 1.82) is 0 Å². The molecule has 3 rings (SSSR count). The third kappa shape index (κ3) is 2.22. The average Bonchev–Trinajstić information content (AvgIpc) is 2.99. The molecule has 0 aromatic carbocycles. The molecule has 0 radical (unpaired) electrons. The summed E-state index contributed by atoms with van der Waals surface area (Å²) in [5.74, 6) is 0.954. The van der Waals surface area contributed by atoms with Gasteiger partial charge < -0.3 is 14.6 Å². The first-order chi connectivity index (χ1) is 9.34. The smallest absolute Gasteiger partial charge is 0.259 e. The topological polar surface area (TPSA) is 86.0 Å². The minimum Gasteiger partial charge on any atom is -0.368 e. The van der Waals surface area contributed by atoms with Crippen molar-refractivity contribution in [1.82, 2.24) is 25.4 Å². The Bertz CT molecular complexity index is 536. The number of piperidine rings is 1. The van der Waals surface area contributed by atoms with E-state index in [1.807, 2.05) is 0 Å². The Morgan fingerprint density at radius 1 is 1.32 bits per heavy atom. The number of rotatable bonds is 3. The number of nitrogens with one attached hydrogen (secondary N) is 1. The third-order valence-electron chi connectivity index (χ3n) is 3.41. The molecule has 2 aromatic heterocycles. The van der Waals surface area contributed by atoms with E-state index in [-0.39, 0.29) is 0 Å². The Balaban J connectivity index is 1.92. The van der Waals surface area contributed by atoms with E-state index in [2.05, 4.69) is 25.4 Å². The predicted molar refractivity (Wildman–Crippen MR) is 66.1 cm³/mol. The van der Waals surface area contributed by atoms with Crippen molar-refractivity contribution in [3.05, 3.63) is 24.5 Å². The highest BCUT2D eigenvalue weighted by atomic mass is 16.5. The average molecular weight is 261 g/mol. The normalized spacial score (nSPS) is 18.4. The van der Waals surface area contributed by atoms with Crippen LogP contribution >= 0.6 is 0 Å². The lowest BCUT2D eigenvalue weighted by molar-refractivity contribution is -0.0622. The summed E-state index contributed by atoms with van der Waals surface area (Å²) in [5, 5.41) is 7.26. The van der Waals surface area contributed by atoms with Crippen LogP contribution in [0.15, 0.2) is 23.1 Å². The van der Waals surface area contributed by atoms with Crippen molar-refractivity contribution in [3.63, 3.8) is 0 Å². The fourth-order valence-electron chi connectivity index (χ4n) is 2.26. The van der Waals surface area contributed by atoms with Crippen LogP contribution in [0.3, 0.4) is 0 Å². The molecule has 0 amide bonds. The lowest BCUT2D eigenvalue weighted by Crippen LogP contribution is -2.41. The van der Waals surface area contributed by atoms with Gasteiger partial charge in [0.1, 0.15) is 11.3 Å². The summed E-state index contributed by atoms with van der Waals surface area (Å²) in [5.41, 5.74) is 0.108. The zero-order valence-electron chi connectivity index (χ0n) is 10.7. The van der Waals surface area contributed by atoms with Gasteiger partial charge >= 0.3 is 0 Å². The van der Waals surface area contributed by atoms with E-state index in [4.69, 9.17) is 9.26 Å². The maximum Gasteiger partial charge on any atom is 0.259 e. The second-order valence-corrected chi connectivity index (χ2v) is 4.46. The van der Waals surface area contributed by atoms with E-state index in [0.29, 0.717) is 17.4 Å². The van der Waals surface area contributed by atoms with E-state index in [1.54, 1.807) is 25.7 Å². The zero-order chi connectivity index (χ0) is 13.1. The third-order valence-corrected chi connectivity index (χ3v) is 3.41. The number of ether oxygens (including phenoxy) is 1. The summed E-state index contributed by atoms with van der Waals surface area (Å²) in [7, 11) is 1.68. The van der Waals surface area contributed by atoms with Crippen molar-refractivity contribution in [3.8, 4) is 11.5 Å². The molecule has 0 atom stereocenters. The van der Waals surface area contributed by atoms with Gasteiger partial charge in [-0.2, -0.15) is 4.98 Å². The molecule has 1 saturated heterocycles. The summed E-state index contributed by atoms with van der Waals surface area (Å²) >= 11 is 0. The maximum atomic E-state index is 5.64. The molecule has 0 saturated carbocycles. The van der Waals surface area contributed by atoms with E-state index >= 15 is 0 Å². The summed E-state index contributed by atoms with van der Waals surface area (Å²) in [6, 6.07) is 0. The van der Waals surface area contributed by atoms with Gasteiger partial charge in [0.05, 0.1) is 6.20 Å². The lowest BCUT2D eigenvalue weighted by Gasteiger charge is -2.32. The molecule has 7 heteroatoms. The van der Waals surface area contributed by atoms with Crippen LogP contribution in [-0.2, 0) is 10.3 Å². The molecule has 19 heavy (non-hydrogen) atoms. The fraction of sp³-hybridized carbons (Fsp3) is 0.500. The quantitative estimate of drug-likeness (QED) is 0.872. The molecule has 7 nitrogen and oxygen atoms in total. The van der Waals surface area contributed by atoms with Gasteiger partial charge in [-0.15, -0.1) is 0 Å². The summed E-state index contributed by atoms with van der Waals surface area (Å²) in [4.78, 5) is 12.6. The Hall–Kier alpha value is -1.86. The van der Waals surface area contributed by atoms with Crippen LogP contribution < -0.4 is 5.32 Å². The van der Waals surface area contributed by atoms with Gasteiger partial charge in [0.2, 0.25) is 5.82 Å². The van der Waals surface area contributed by atoms with Crippen LogP contribution in [-0.4, -0.2) is 40.3 Å². The first kappa shape index (κ1) is 12.2. The largest absolute Gasteiger partial charge is 0.368 e. The van der Waals surface area contributed by atoms with Crippen LogP contribution in [0.2, 0.25) is 0 Å². The molecule has 0 aliphatic carbocycles. The highest BCUT2D eigenvalue weighted by Crippen LogP contribution is 2.33. The second-order valence-electron chi connectivity index (χ2n) is 4.46. The van der Waals surface area contributed by atoms with Gasteiger partial charge in [-0.3, -0.25) is 4.98 Å². The first-order valence-corrected chi connectivity index (χ1v) is 6.20. The molecule has 1 aliphatic rings. The molecule has 100 valence electrons.